The molecule has 0 aromatic heterocycles. The highest BCUT2D eigenvalue weighted by Gasteiger charge is 2.32. The molecule has 214 valence electrons. The molecule has 2 atom stereocenters. The van der Waals surface area contributed by atoms with E-state index in [1.807, 2.05) is 57.2 Å². The number of sulfonamides is 1. The first-order valence-electron chi connectivity index (χ1n) is 13.8. The fraction of sp³-hybridized carbons (Fsp3) is 0.375. The van der Waals surface area contributed by atoms with Crippen molar-refractivity contribution in [2.75, 3.05) is 10.8 Å². The van der Waals surface area contributed by atoms with Gasteiger partial charge in [-0.05, 0) is 68.5 Å². The topological polar surface area (TPSA) is 86.8 Å². The molecule has 3 aromatic carbocycles. The number of aryl methyl sites for hydroxylation is 1. The highest BCUT2D eigenvalue weighted by atomic mass is 32.2. The monoisotopic (exact) mass is 563 g/mol. The number of nitrogens with one attached hydrogen (secondary N) is 1. The van der Waals surface area contributed by atoms with Crippen molar-refractivity contribution in [1.29, 1.82) is 0 Å². The van der Waals surface area contributed by atoms with E-state index in [9.17, 15) is 18.0 Å². The molecule has 2 amide bonds. The number of carbonyl (C=O) groups excluding carboxylic acids is 2. The minimum Gasteiger partial charge on any atom is -0.352 e. The molecule has 0 aliphatic carbocycles. The molecule has 1 N–H and O–H groups in total. The Morgan fingerprint density at radius 2 is 1.45 bits per heavy atom. The lowest BCUT2D eigenvalue weighted by molar-refractivity contribution is -0.139. The van der Waals surface area contributed by atoms with Crippen molar-refractivity contribution < 1.29 is 18.0 Å². The number of hydrogen-bond donors (Lipinski definition) is 1. The maximum Gasteiger partial charge on any atom is 0.264 e. The Morgan fingerprint density at radius 1 is 0.850 bits per heavy atom. The summed E-state index contributed by atoms with van der Waals surface area (Å²) in [6, 6.07) is 22.2. The standard InChI is InChI=1S/C32H41N3O4S/c1-7-25(5)33-32(37)26(6)34(21-27-15-13-24(4)14-16-27)31(36)22-35(29-19-17-28(18-20-29)23(2)3)40(38,39)30-11-9-8-10-12-30/h8-20,23,25-26H,7,21-22H2,1-6H3,(H,33,37)/t25-,26-/m1/s1. The van der Waals surface area contributed by atoms with E-state index in [1.54, 1.807) is 37.3 Å². The lowest BCUT2D eigenvalue weighted by Gasteiger charge is -2.32. The maximum absolute atomic E-state index is 14.0. The second-order valence-electron chi connectivity index (χ2n) is 10.6. The largest absolute Gasteiger partial charge is 0.352 e. The quantitative estimate of drug-likeness (QED) is 0.309. The predicted molar refractivity (Wildman–Crippen MR) is 161 cm³/mol. The van der Waals surface area contributed by atoms with Gasteiger partial charge in [0.05, 0.1) is 10.6 Å². The van der Waals surface area contributed by atoms with Crippen molar-refractivity contribution in [3.63, 3.8) is 0 Å². The number of benzene rings is 3. The Balaban J connectivity index is 2.02. The smallest absolute Gasteiger partial charge is 0.264 e. The molecule has 0 aliphatic rings. The molecule has 0 saturated carbocycles. The van der Waals surface area contributed by atoms with Crippen LogP contribution in [0.25, 0.3) is 0 Å². The van der Waals surface area contributed by atoms with Gasteiger partial charge in [-0.1, -0.05) is 80.9 Å². The molecule has 0 radical (unpaired) electrons. The third-order valence-electron chi connectivity index (χ3n) is 7.10. The average Bonchev–Trinajstić information content (AvgIpc) is 2.95. The van der Waals surface area contributed by atoms with E-state index in [1.165, 1.54) is 17.0 Å². The summed E-state index contributed by atoms with van der Waals surface area (Å²) >= 11 is 0. The zero-order valence-corrected chi connectivity index (χ0v) is 25.1. The van der Waals surface area contributed by atoms with Crippen LogP contribution < -0.4 is 9.62 Å². The van der Waals surface area contributed by atoms with Crippen molar-refractivity contribution in [2.24, 2.45) is 0 Å². The fourth-order valence-electron chi connectivity index (χ4n) is 4.21. The van der Waals surface area contributed by atoms with E-state index in [4.69, 9.17) is 0 Å². The lowest BCUT2D eigenvalue weighted by atomic mass is 10.0. The van der Waals surface area contributed by atoms with Gasteiger partial charge in [-0.2, -0.15) is 0 Å². The summed E-state index contributed by atoms with van der Waals surface area (Å²) in [6.07, 6.45) is 0.750. The fourth-order valence-corrected chi connectivity index (χ4v) is 5.65. The summed E-state index contributed by atoms with van der Waals surface area (Å²) < 4.78 is 28.9. The molecule has 0 heterocycles. The molecule has 0 bridgehead atoms. The molecule has 0 fully saturated rings. The van der Waals surface area contributed by atoms with Crippen LogP contribution in [0.3, 0.4) is 0 Å². The lowest BCUT2D eigenvalue weighted by Crippen LogP contribution is -2.52. The Labute approximate surface area is 239 Å². The van der Waals surface area contributed by atoms with Gasteiger partial charge >= 0.3 is 0 Å². The van der Waals surface area contributed by atoms with Gasteiger partial charge in [0.1, 0.15) is 12.6 Å². The summed E-state index contributed by atoms with van der Waals surface area (Å²) in [4.78, 5) is 28.7. The van der Waals surface area contributed by atoms with E-state index >= 15 is 0 Å². The second kappa shape index (κ2) is 13.6. The minimum absolute atomic E-state index is 0.0549. The summed E-state index contributed by atoms with van der Waals surface area (Å²) in [5, 5.41) is 2.95. The van der Waals surface area contributed by atoms with Gasteiger partial charge in [-0.3, -0.25) is 13.9 Å². The van der Waals surface area contributed by atoms with Crippen LogP contribution in [0, 0.1) is 6.92 Å². The first kappa shape index (κ1) is 30.9. The first-order valence-corrected chi connectivity index (χ1v) is 15.2. The van der Waals surface area contributed by atoms with E-state index in [-0.39, 0.29) is 29.3 Å². The van der Waals surface area contributed by atoms with Crippen LogP contribution in [0.2, 0.25) is 0 Å². The normalized spacial score (nSPS) is 13.0. The number of carbonyl (C=O) groups is 2. The van der Waals surface area contributed by atoms with Crippen LogP contribution in [0.1, 0.15) is 63.6 Å². The molecule has 7 nitrogen and oxygen atoms in total. The van der Waals surface area contributed by atoms with Gasteiger partial charge in [0.2, 0.25) is 11.8 Å². The number of amides is 2. The SMILES string of the molecule is CC[C@@H](C)NC(=O)[C@@H](C)N(Cc1ccc(C)cc1)C(=O)CN(c1ccc(C(C)C)cc1)S(=O)(=O)c1ccccc1. The maximum atomic E-state index is 14.0. The Kier molecular flexibility index (Phi) is 10.5. The van der Waals surface area contributed by atoms with Crippen molar-refractivity contribution in [3.8, 4) is 0 Å². The summed E-state index contributed by atoms with van der Waals surface area (Å²) in [7, 11) is -4.08. The van der Waals surface area contributed by atoms with Gasteiger partial charge in [0.25, 0.3) is 10.0 Å². The number of anilines is 1. The Bertz CT molecular complexity index is 1370. The number of rotatable bonds is 12. The number of nitrogens with zero attached hydrogens (tertiary/aromatic N) is 2. The Hall–Kier alpha value is -3.65. The van der Waals surface area contributed by atoms with Gasteiger partial charge in [0.15, 0.2) is 0 Å². The van der Waals surface area contributed by atoms with E-state index in [0.717, 1.165) is 27.4 Å². The van der Waals surface area contributed by atoms with Crippen LogP contribution in [0.4, 0.5) is 5.69 Å². The van der Waals surface area contributed by atoms with Gasteiger partial charge < -0.3 is 10.2 Å². The van der Waals surface area contributed by atoms with Gasteiger partial charge in [-0.15, -0.1) is 0 Å². The summed E-state index contributed by atoms with van der Waals surface area (Å²) in [5.41, 5.74) is 3.37. The number of hydrogen-bond acceptors (Lipinski definition) is 4. The molecule has 40 heavy (non-hydrogen) atoms. The average molecular weight is 564 g/mol. The molecule has 0 spiro atoms. The zero-order valence-electron chi connectivity index (χ0n) is 24.3. The Morgan fingerprint density at radius 3 is 2.00 bits per heavy atom. The highest BCUT2D eigenvalue weighted by Crippen LogP contribution is 2.26. The van der Waals surface area contributed by atoms with Crippen LogP contribution >= 0.6 is 0 Å². The zero-order chi connectivity index (χ0) is 29.4. The molecular formula is C32H41N3O4S. The van der Waals surface area contributed by atoms with Crippen molar-refractivity contribution in [2.45, 2.75) is 77.4 Å². The highest BCUT2D eigenvalue weighted by molar-refractivity contribution is 7.92. The van der Waals surface area contributed by atoms with Crippen LogP contribution in [0.5, 0.6) is 0 Å². The third-order valence-corrected chi connectivity index (χ3v) is 8.89. The predicted octanol–water partition coefficient (Wildman–Crippen LogP) is 5.65. The second-order valence-corrected chi connectivity index (χ2v) is 12.4. The van der Waals surface area contributed by atoms with Gasteiger partial charge in [-0.25, -0.2) is 8.42 Å². The minimum atomic E-state index is -4.08. The van der Waals surface area contributed by atoms with Crippen LogP contribution in [-0.4, -0.2) is 43.8 Å². The molecular weight excluding hydrogens is 522 g/mol. The molecule has 3 aromatic rings. The van der Waals surface area contributed by atoms with Gasteiger partial charge in [0, 0.05) is 12.6 Å². The first-order chi connectivity index (χ1) is 18.9. The molecule has 0 saturated heterocycles. The third kappa shape index (κ3) is 7.72. The van der Waals surface area contributed by atoms with Crippen molar-refractivity contribution >= 4 is 27.5 Å². The van der Waals surface area contributed by atoms with Crippen molar-refractivity contribution in [3.05, 3.63) is 95.6 Å². The van der Waals surface area contributed by atoms with Crippen molar-refractivity contribution in [1.82, 2.24) is 10.2 Å². The summed E-state index contributed by atoms with van der Waals surface area (Å²) in [5.74, 6) is -0.488. The van der Waals surface area contributed by atoms with E-state index in [0.29, 0.717) is 5.69 Å². The van der Waals surface area contributed by atoms with E-state index < -0.39 is 28.5 Å². The summed E-state index contributed by atoms with van der Waals surface area (Å²) in [6.45, 7) is 11.4. The molecule has 0 aliphatic heterocycles. The van der Waals surface area contributed by atoms with Crippen LogP contribution in [0.15, 0.2) is 83.8 Å². The molecule has 8 heteroatoms. The molecule has 0 unspecified atom stereocenters. The molecule has 3 rings (SSSR count). The van der Waals surface area contributed by atoms with E-state index in [2.05, 4.69) is 19.2 Å². The van der Waals surface area contributed by atoms with Crippen LogP contribution in [-0.2, 0) is 26.2 Å².